The Balaban J connectivity index is 1.80. The summed E-state index contributed by atoms with van der Waals surface area (Å²) in [6.07, 6.45) is -0.552. The maximum absolute atomic E-state index is 10.00. The minimum Gasteiger partial charge on any atom is -0.491 e. The van der Waals surface area contributed by atoms with E-state index in [0.29, 0.717) is 6.54 Å². The molecule has 0 aliphatic carbocycles. The smallest absolute Gasteiger partial charge is 0.122 e. The maximum Gasteiger partial charge on any atom is 0.122 e. The molecule has 0 aliphatic heterocycles. The average Bonchev–Trinajstić information content (AvgIpc) is 2.47. The Hall–Kier alpha value is -1.27. The molecule has 0 fully saturated rings. The van der Waals surface area contributed by atoms with Gasteiger partial charge in [0.2, 0.25) is 0 Å². The number of aryl methyl sites for hydroxylation is 2. The van der Waals surface area contributed by atoms with Crippen molar-refractivity contribution in [1.82, 2.24) is 0 Å². The third kappa shape index (κ3) is 5.21. The minimum atomic E-state index is -0.552. The molecule has 1 unspecified atom stereocenters. The molecule has 0 aliphatic rings. The predicted molar refractivity (Wildman–Crippen MR) is 95.1 cm³/mol. The molecule has 0 bridgehead atoms. The van der Waals surface area contributed by atoms with Crippen molar-refractivity contribution in [1.29, 1.82) is 0 Å². The Labute approximate surface area is 139 Å². The predicted octanol–water partition coefficient (Wildman–Crippen LogP) is 3.76. The van der Waals surface area contributed by atoms with E-state index in [2.05, 4.69) is 34.0 Å². The Kier molecular flexibility index (Phi) is 5.87. The van der Waals surface area contributed by atoms with Crippen LogP contribution in [0.1, 0.15) is 11.1 Å². The standard InChI is InChI=1S/C17H20INO2/c1-12-3-4-13(2)17(9-12)21-11-16(20)10-19-15-7-5-14(18)6-8-15/h3-9,16,19-20H,10-11H2,1-2H3. The molecular formula is C17H20INO2. The largest absolute Gasteiger partial charge is 0.491 e. The molecule has 1 atom stereocenters. The van der Waals surface area contributed by atoms with Crippen molar-refractivity contribution >= 4 is 28.3 Å². The molecule has 4 heteroatoms. The lowest BCUT2D eigenvalue weighted by atomic mass is 10.1. The highest BCUT2D eigenvalue weighted by Crippen LogP contribution is 2.19. The zero-order valence-electron chi connectivity index (χ0n) is 12.3. The molecule has 0 spiro atoms. The van der Waals surface area contributed by atoms with E-state index in [4.69, 9.17) is 4.74 Å². The van der Waals surface area contributed by atoms with Crippen LogP contribution in [0.5, 0.6) is 5.75 Å². The molecule has 2 aromatic rings. The van der Waals surface area contributed by atoms with Gasteiger partial charge in [-0.2, -0.15) is 0 Å². The van der Waals surface area contributed by atoms with Crippen LogP contribution < -0.4 is 10.1 Å². The summed E-state index contributed by atoms with van der Waals surface area (Å²) in [5.74, 6) is 0.836. The summed E-state index contributed by atoms with van der Waals surface area (Å²) in [6, 6.07) is 14.1. The molecule has 0 heterocycles. The molecule has 0 saturated carbocycles. The van der Waals surface area contributed by atoms with Gasteiger partial charge in [0.25, 0.3) is 0 Å². The SMILES string of the molecule is Cc1ccc(C)c(OCC(O)CNc2ccc(I)cc2)c1. The van der Waals surface area contributed by atoms with E-state index in [1.54, 1.807) is 0 Å². The normalized spacial score (nSPS) is 12.0. The highest BCUT2D eigenvalue weighted by Gasteiger charge is 2.07. The van der Waals surface area contributed by atoms with Gasteiger partial charge in [-0.05, 0) is 77.9 Å². The summed E-state index contributed by atoms with van der Waals surface area (Å²) in [5, 5.41) is 13.2. The van der Waals surface area contributed by atoms with Crippen molar-refractivity contribution in [2.24, 2.45) is 0 Å². The number of nitrogens with one attached hydrogen (secondary N) is 1. The number of halogens is 1. The van der Waals surface area contributed by atoms with E-state index in [1.165, 1.54) is 3.57 Å². The van der Waals surface area contributed by atoms with Crippen LogP contribution in [0.4, 0.5) is 5.69 Å². The lowest BCUT2D eigenvalue weighted by Crippen LogP contribution is -2.26. The fourth-order valence-corrected chi connectivity index (χ4v) is 2.27. The molecule has 0 amide bonds. The minimum absolute atomic E-state index is 0.279. The average molecular weight is 397 g/mol. The molecule has 2 aromatic carbocycles. The summed E-state index contributed by atoms with van der Waals surface area (Å²) >= 11 is 2.27. The molecule has 2 rings (SSSR count). The van der Waals surface area contributed by atoms with Crippen LogP contribution in [-0.4, -0.2) is 24.4 Å². The fraction of sp³-hybridized carbons (Fsp3) is 0.294. The maximum atomic E-state index is 10.00. The van der Waals surface area contributed by atoms with E-state index < -0.39 is 6.10 Å². The number of rotatable bonds is 6. The van der Waals surface area contributed by atoms with E-state index >= 15 is 0 Å². The van der Waals surface area contributed by atoms with Crippen molar-refractivity contribution < 1.29 is 9.84 Å². The second-order valence-corrected chi connectivity index (χ2v) is 6.37. The van der Waals surface area contributed by atoms with Crippen LogP contribution in [0.2, 0.25) is 0 Å². The van der Waals surface area contributed by atoms with Crippen molar-refractivity contribution in [3.8, 4) is 5.75 Å². The Morgan fingerprint density at radius 1 is 1.14 bits per heavy atom. The van der Waals surface area contributed by atoms with Crippen molar-refractivity contribution in [2.45, 2.75) is 20.0 Å². The third-order valence-electron chi connectivity index (χ3n) is 3.16. The zero-order chi connectivity index (χ0) is 15.2. The van der Waals surface area contributed by atoms with Crippen LogP contribution in [0.15, 0.2) is 42.5 Å². The summed E-state index contributed by atoms with van der Waals surface area (Å²) in [6.45, 7) is 4.78. The van der Waals surface area contributed by atoms with Crippen LogP contribution >= 0.6 is 22.6 Å². The fourth-order valence-electron chi connectivity index (χ4n) is 1.91. The highest BCUT2D eigenvalue weighted by atomic mass is 127. The van der Waals surface area contributed by atoms with Gasteiger partial charge in [-0.15, -0.1) is 0 Å². The number of hydrogen-bond acceptors (Lipinski definition) is 3. The van der Waals surface area contributed by atoms with Gasteiger partial charge >= 0.3 is 0 Å². The quantitative estimate of drug-likeness (QED) is 0.730. The lowest BCUT2D eigenvalue weighted by molar-refractivity contribution is 0.117. The molecule has 21 heavy (non-hydrogen) atoms. The Morgan fingerprint density at radius 2 is 1.86 bits per heavy atom. The Morgan fingerprint density at radius 3 is 2.57 bits per heavy atom. The van der Waals surface area contributed by atoms with Crippen molar-refractivity contribution in [2.75, 3.05) is 18.5 Å². The van der Waals surface area contributed by atoms with Gasteiger partial charge in [0, 0.05) is 15.8 Å². The number of aliphatic hydroxyl groups is 1. The van der Waals surface area contributed by atoms with Crippen molar-refractivity contribution in [3.63, 3.8) is 0 Å². The summed E-state index contributed by atoms with van der Waals surface area (Å²) in [7, 11) is 0. The van der Waals surface area contributed by atoms with Gasteiger partial charge in [-0.3, -0.25) is 0 Å². The molecule has 0 saturated heterocycles. The van der Waals surface area contributed by atoms with Gasteiger partial charge in [0.05, 0.1) is 0 Å². The number of hydrogen-bond donors (Lipinski definition) is 2. The van der Waals surface area contributed by atoms with Crippen LogP contribution in [0.25, 0.3) is 0 Å². The van der Waals surface area contributed by atoms with Gasteiger partial charge in [-0.25, -0.2) is 0 Å². The highest BCUT2D eigenvalue weighted by molar-refractivity contribution is 14.1. The van der Waals surface area contributed by atoms with E-state index in [9.17, 15) is 5.11 Å². The monoisotopic (exact) mass is 397 g/mol. The Bertz CT molecular complexity index is 584. The molecule has 3 nitrogen and oxygen atoms in total. The number of ether oxygens (including phenoxy) is 1. The molecular weight excluding hydrogens is 377 g/mol. The molecule has 2 N–H and O–H groups in total. The number of anilines is 1. The first-order valence-corrected chi connectivity index (χ1v) is 8.00. The topological polar surface area (TPSA) is 41.5 Å². The number of aliphatic hydroxyl groups excluding tert-OH is 1. The summed E-state index contributed by atoms with van der Waals surface area (Å²) in [4.78, 5) is 0. The first-order valence-electron chi connectivity index (χ1n) is 6.92. The van der Waals surface area contributed by atoms with Gasteiger partial charge in [-0.1, -0.05) is 12.1 Å². The first kappa shape index (κ1) is 16.1. The zero-order valence-corrected chi connectivity index (χ0v) is 14.4. The van der Waals surface area contributed by atoms with Crippen LogP contribution in [-0.2, 0) is 0 Å². The van der Waals surface area contributed by atoms with Crippen LogP contribution in [0.3, 0.4) is 0 Å². The lowest BCUT2D eigenvalue weighted by Gasteiger charge is -2.15. The summed E-state index contributed by atoms with van der Waals surface area (Å²) in [5.41, 5.74) is 3.24. The third-order valence-corrected chi connectivity index (χ3v) is 3.88. The van der Waals surface area contributed by atoms with Gasteiger partial charge in [0.15, 0.2) is 0 Å². The molecule has 0 aromatic heterocycles. The van der Waals surface area contributed by atoms with E-state index in [1.807, 2.05) is 50.2 Å². The second-order valence-electron chi connectivity index (χ2n) is 5.12. The molecule has 112 valence electrons. The van der Waals surface area contributed by atoms with Crippen LogP contribution in [0, 0.1) is 17.4 Å². The van der Waals surface area contributed by atoms with E-state index in [0.717, 1.165) is 22.6 Å². The second kappa shape index (κ2) is 7.66. The first-order chi connectivity index (χ1) is 10.0. The molecule has 0 radical (unpaired) electrons. The van der Waals surface area contributed by atoms with E-state index in [-0.39, 0.29) is 6.61 Å². The van der Waals surface area contributed by atoms with Gasteiger partial charge in [0.1, 0.15) is 18.5 Å². The number of benzene rings is 2. The van der Waals surface area contributed by atoms with Crippen molar-refractivity contribution in [3.05, 3.63) is 57.2 Å². The van der Waals surface area contributed by atoms with Gasteiger partial charge < -0.3 is 15.2 Å². The summed E-state index contributed by atoms with van der Waals surface area (Å²) < 4.78 is 6.89.